The van der Waals surface area contributed by atoms with E-state index in [9.17, 15) is 29.3 Å². The lowest BCUT2D eigenvalue weighted by Crippen LogP contribution is -2.33. The molecular weight excluding hydrogens is 616 g/mol. The van der Waals surface area contributed by atoms with Crippen LogP contribution in [0.15, 0.2) is 82.6 Å². The highest BCUT2D eigenvalue weighted by atomic mass is 35.5. The fraction of sp³-hybridized carbons (Fsp3) is 0.172. The van der Waals surface area contributed by atoms with Gasteiger partial charge in [-0.3, -0.25) is 33.9 Å². The van der Waals surface area contributed by atoms with E-state index in [4.69, 9.17) is 16.3 Å². The molecule has 3 heterocycles. The van der Waals surface area contributed by atoms with Gasteiger partial charge in [-0.15, -0.1) is 0 Å². The summed E-state index contributed by atoms with van der Waals surface area (Å²) in [6.45, 7) is -0.303. The second-order valence-electron chi connectivity index (χ2n) is 9.78. The number of anilines is 2. The van der Waals surface area contributed by atoms with Crippen molar-refractivity contribution in [3.63, 3.8) is 0 Å². The molecule has 3 amide bonds. The van der Waals surface area contributed by atoms with E-state index < -0.39 is 44.6 Å². The summed E-state index contributed by atoms with van der Waals surface area (Å²) in [5.74, 6) is -2.33. The second kappa shape index (κ2) is 11.3. The number of imide groups is 1. The molecule has 0 aliphatic carbocycles. The maximum atomic E-state index is 13.9. The number of aromatic nitrogens is 1. The summed E-state index contributed by atoms with van der Waals surface area (Å²) in [6.07, 6.45) is 0. The molecule has 218 valence electrons. The van der Waals surface area contributed by atoms with E-state index in [2.05, 4.69) is 5.32 Å². The Hall–Kier alpha value is -4.46. The number of nitrogens with one attached hydrogen (secondary N) is 1. The normalized spacial score (nSPS) is 19.1. The van der Waals surface area contributed by atoms with Crippen molar-refractivity contribution in [2.24, 2.45) is 5.92 Å². The first-order chi connectivity index (χ1) is 20.7. The number of halogens is 1. The third kappa shape index (κ3) is 5.19. The number of carbonyl (C=O) groups is 3. The highest BCUT2D eigenvalue weighted by Crippen LogP contribution is 2.54. The largest absolute Gasteiger partial charge is 0.497 e. The fourth-order valence-corrected chi connectivity index (χ4v) is 8.18. The topological polar surface area (TPSA) is 141 Å². The predicted octanol–water partition coefficient (Wildman–Crippen LogP) is 4.91. The number of hydrogen-bond donors (Lipinski definition) is 1. The summed E-state index contributed by atoms with van der Waals surface area (Å²) in [5.41, 5.74) is 1.24. The van der Waals surface area contributed by atoms with E-state index in [1.165, 1.54) is 35.9 Å². The molecule has 1 fully saturated rings. The van der Waals surface area contributed by atoms with Crippen LogP contribution in [0, 0.1) is 16.0 Å². The number of hydrogen-bond acceptors (Lipinski definition) is 9. The number of thiazole rings is 1. The zero-order valence-corrected chi connectivity index (χ0v) is 24.7. The highest BCUT2D eigenvalue weighted by molar-refractivity contribution is 8.00. The van der Waals surface area contributed by atoms with Crippen molar-refractivity contribution in [2.75, 3.05) is 17.3 Å². The Morgan fingerprint density at radius 3 is 2.30 bits per heavy atom. The Balaban J connectivity index is 1.37. The quantitative estimate of drug-likeness (QED) is 0.171. The maximum absolute atomic E-state index is 13.9. The molecule has 1 N–H and O–H groups in total. The number of benzene rings is 3. The molecule has 1 saturated heterocycles. The van der Waals surface area contributed by atoms with Crippen molar-refractivity contribution in [2.45, 2.75) is 22.7 Å². The number of fused-ring (bicyclic) bond motifs is 2. The molecule has 14 heteroatoms. The maximum Gasteiger partial charge on any atom is 0.308 e. The third-order valence-electron chi connectivity index (χ3n) is 7.27. The monoisotopic (exact) mass is 636 g/mol. The molecule has 4 aromatic rings. The van der Waals surface area contributed by atoms with Crippen LogP contribution in [0.25, 0.3) is 0 Å². The van der Waals surface area contributed by atoms with Crippen LogP contribution in [0.5, 0.6) is 5.75 Å². The van der Waals surface area contributed by atoms with Crippen molar-refractivity contribution in [1.82, 2.24) is 4.57 Å². The fourth-order valence-electron chi connectivity index (χ4n) is 5.28. The minimum absolute atomic E-state index is 0.173. The average Bonchev–Trinajstić information content (AvgIpc) is 3.44. The number of thioether (sulfide) groups is 1. The molecule has 1 aromatic heterocycles. The number of carbonyl (C=O) groups excluding carboxylic acids is 3. The Morgan fingerprint density at radius 1 is 1.00 bits per heavy atom. The Kier molecular flexibility index (Phi) is 7.54. The van der Waals surface area contributed by atoms with E-state index in [0.717, 1.165) is 28.0 Å². The van der Waals surface area contributed by atoms with Gasteiger partial charge in [-0.1, -0.05) is 46.8 Å². The summed E-state index contributed by atoms with van der Waals surface area (Å²) in [7, 11) is 1.53. The van der Waals surface area contributed by atoms with Gasteiger partial charge < -0.3 is 10.1 Å². The number of nitro benzene ring substituents is 1. The van der Waals surface area contributed by atoms with E-state index in [1.807, 2.05) is 0 Å². The lowest BCUT2D eigenvalue weighted by atomic mass is 9.83. The first-order valence-corrected chi connectivity index (χ1v) is 15.0. The molecule has 43 heavy (non-hydrogen) atoms. The van der Waals surface area contributed by atoms with Gasteiger partial charge in [0, 0.05) is 33.6 Å². The van der Waals surface area contributed by atoms with Gasteiger partial charge in [-0.25, -0.2) is 4.90 Å². The zero-order valence-electron chi connectivity index (χ0n) is 22.3. The van der Waals surface area contributed by atoms with Crippen LogP contribution in [0.4, 0.5) is 17.1 Å². The number of ether oxygens (including phenoxy) is 1. The number of amides is 3. The van der Waals surface area contributed by atoms with Crippen LogP contribution in [-0.2, 0) is 20.9 Å². The molecule has 11 nitrogen and oxygen atoms in total. The first-order valence-electron chi connectivity index (χ1n) is 12.9. The smallest absolute Gasteiger partial charge is 0.308 e. The number of nitrogens with zero attached hydrogens (tertiary/aromatic N) is 3. The summed E-state index contributed by atoms with van der Waals surface area (Å²) in [5, 5.41) is 13.9. The SMILES string of the molecule is COc1ccc(NC(=O)Cn2c3c(sc2=O)C(c2ccc(Cl)cc2)C2C(=O)N(c4ccc([N+](=O)[O-])cc4)C(=O)C2S3)cc1. The Bertz CT molecular complexity index is 1820. The van der Waals surface area contributed by atoms with Gasteiger partial charge in [0.2, 0.25) is 17.7 Å². The molecule has 3 unspecified atom stereocenters. The Morgan fingerprint density at radius 2 is 1.67 bits per heavy atom. The van der Waals surface area contributed by atoms with Crippen molar-refractivity contribution < 1.29 is 24.0 Å². The van der Waals surface area contributed by atoms with Crippen molar-refractivity contribution >= 4 is 69.5 Å². The zero-order chi connectivity index (χ0) is 30.4. The number of non-ortho nitro benzene ring substituents is 1. The highest BCUT2D eigenvalue weighted by Gasteiger charge is 2.56. The summed E-state index contributed by atoms with van der Waals surface area (Å²) in [4.78, 5) is 65.8. The summed E-state index contributed by atoms with van der Waals surface area (Å²) < 4.78 is 6.47. The molecule has 0 bridgehead atoms. The molecule has 3 aromatic carbocycles. The van der Waals surface area contributed by atoms with Crippen molar-refractivity contribution in [3.8, 4) is 5.75 Å². The van der Waals surface area contributed by atoms with Crippen LogP contribution >= 0.6 is 34.7 Å². The third-order valence-corrected chi connectivity index (χ3v) is 10.1. The van der Waals surface area contributed by atoms with Crippen LogP contribution in [0.2, 0.25) is 5.02 Å². The summed E-state index contributed by atoms with van der Waals surface area (Å²) in [6, 6.07) is 18.8. The molecule has 0 spiro atoms. The van der Waals surface area contributed by atoms with Crippen molar-refractivity contribution in [3.05, 3.63) is 108 Å². The van der Waals surface area contributed by atoms with Gasteiger partial charge in [0.1, 0.15) is 17.5 Å². The summed E-state index contributed by atoms with van der Waals surface area (Å²) >= 11 is 8.15. The second-order valence-corrected chi connectivity index (χ2v) is 12.3. The minimum atomic E-state index is -0.902. The van der Waals surface area contributed by atoms with Crippen LogP contribution in [0.3, 0.4) is 0 Å². The van der Waals surface area contributed by atoms with Crippen LogP contribution < -0.4 is 19.8 Å². The van der Waals surface area contributed by atoms with Gasteiger partial charge in [0.25, 0.3) is 5.69 Å². The van der Waals surface area contributed by atoms with Crippen LogP contribution in [-0.4, -0.2) is 39.6 Å². The van der Waals surface area contributed by atoms with Gasteiger partial charge in [0.15, 0.2) is 0 Å². The number of rotatable bonds is 7. The average molecular weight is 637 g/mol. The molecule has 0 radical (unpaired) electrons. The molecule has 2 aliphatic heterocycles. The number of nitro groups is 1. The van der Waals surface area contributed by atoms with Gasteiger partial charge in [-0.2, -0.15) is 0 Å². The van der Waals surface area contributed by atoms with E-state index in [0.29, 0.717) is 31.9 Å². The van der Waals surface area contributed by atoms with Gasteiger partial charge in [-0.05, 0) is 54.1 Å². The predicted molar refractivity (Wildman–Crippen MR) is 162 cm³/mol. The lowest BCUT2D eigenvalue weighted by Gasteiger charge is -2.30. The molecule has 0 saturated carbocycles. The Labute approximate surface area is 257 Å². The van der Waals surface area contributed by atoms with Crippen LogP contribution in [0.1, 0.15) is 16.4 Å². The van der Waals surface area contributed by atoms with E-state index in [1.54, 1.807) is 48.5 Å². The van der Waals surface area contributed by atoms with E-state index in [-0.39, 0.29) is 17.9 Å². The molecule has 3 atom stereocenters. The lowest BCUT2D eigenvalue weighted by molar-refractivity contribution is -0.384. The standard InChI is InChI=1S/C29H21ClN4O7S2/c1-41-20-12-6-17(7-13-20)31-21(35)14-32-28-25(43-29(32)38)22(15-2-4-16(30)5-3-15)23-24(42-28)27(37)33(26(23)36)18-8-10-19(11-9-18)34(39)40/h2-13,22-24H,14H2,1H3,(H,31,35). The minimum Gasteiger partial charge on any atom is -0.497 e. The van der Waals surface area contributed by atoms with Crippen molar-refractivity contribution in [1.29, 1.82) is 0 Å². The number of methoxy groups -OCH3 is 1. The molecule has 2 aliphatic rings. The molecule has 6 rings (SSSR count). The van der Waals surface area contributed by atoms with Gasteiger partial charge >= 0.3 is 4.87 Å². The van der Waals surface area contributed by atoms with E-state index >= 15 is 0 Å². The molecular formula is C29H21ClN4O7S2. The first kappa shape index (κ1) is 28.6. The van der Waals surface area contributed by atoms with Gasteiger partial charge in [0.05, 0.1) is 28.7 Å².